The van der Waals surface area contributed by atoms with Crippen LogP contribution in [0.1, 0.15) is 29.2 Å². The fourth-order valence-corrected chi connectivity index (χ4v) is 4.76. The summed E-state index contributed by atoms with van der Waals surface area (Å²) >= 11 is 5.97. The van der Waals surface area contributed by atoms with Crippen molar-refractivity contribution in [2.75, 3.05) is 20.3 Å². The van der Waals surface area contributed by atoms with E-state index in [0.29, 0.717) is 17.2 Å². The highest BCUT2D eigenvalue weighted by Gasteiger charge is 2.33. The molecule has 1 aliphatic rings. The number of aryl methyl sites for hydroxylation is 1. The number of ether oxygens (including phenoxy) is 3. The van der Waals surface area contributed by atoms with Crippen LogP contribution in [0.4, 0.5) is 0 Å². The Bertz CT molecular complexity index is 1550. The van der Waals surface area contributed by atoms with Crippen molar-refractivity contribution in [3.63, 3.8) is 0 Å². The molecular formula is C31H27ClN2O5. The molecule has 0 saturated heterocycles. The molecule has 39 heavy (non-hydrogen) atoms. The Kier molecular flexibility index (Phi) is 7.79. The van der Waals surface area contributed by atoms with Crippen LogP contribution in [0.25, 0.3) is 10.8 Å². The molecule has 0 fully saturated rings. The van der Waals surface area contributed by atoms with E-state index in [1.807, 2.05) is 61.5 Å². The van der Waals surface area contributed by atoms with Crippen LogP contribution in [-0.4, -0.2) is 42.9 Å². The van der Waals surface area contributed by atoms with E-state index in [0.717, 1.165) is 38.9 Å². The number of amides is 1. The molecule has 0 saturated carbocycles. The molecule has 1 amide bonds. The number of fused-ring (bicyclic) bond motifs is 1. The summed E-state index contributed by atoms with van der Waals surface area (Å²) in [5.41, 5.74) is 3.41. The fourth-order valence-electron chi connectivity index (χ4n) is 4.53. The van der Waals surface area contributed by atoms with Crippen LogP contribution in [0.2, 0.25) is 5.02 Å². The van der Waals surface area contributed by atoms with E-state index >= 15 is 0 Å². The standard InChI is InChI=1S/C31H27ClN2O5/c1-20-15-25(32)11-14-29(20)38-19-31(36)39-18-30(35)34-28(22-9-12-26(37-2)13-10-22)17-27(33-34)24-8-7-21-5-3-4-6-23(21)16-24/h3-16,28H,17-19H2,1-2H3. The monoisotopic (exact) mass is 542 g/mol. The van der Waals surface area contributed by atoms with Crippen molar-refractivity contribution in [3.05, 3.63) is 107 Å². The van der Waals surface area contributed by atoms with Crippen molar-refractivity contribution in [2.24, 2.45) is 5.10 Å². The molecule has 0 aromatic heterocycles. The molecule has 1 heterocycles. The van der Waals surface area contributed by atoms with E-state index in [9.17, 15) is 9.59 Å². The number of hydrazone groups is 1. The summed E-state index contributed by atoms with van der Waals surface area (Å²) in [6.45, 7) is 1.04. The molecule has 4 aromatic carbocycles. The number of carbonyl (C=O) groups excluding carboxylic acids is 2. The minimum absolute atomic E-state index is 0.330. The lowest BCUT2D eigenvalue weighted by molar-refractivity contribution is -0.154. The van der Waals surface area contributed by atoms with Crippen LogP contribution in [0, 0.1) is 6.92 Å². The lowest BCUT2D eigenvalue weighted by Crippen LogP contribution is -2.32. The van der Waals surface area contributed by atoms with Gasteiger partial charge in [-0.15, -0.1) is 0 Å². The molecule has 7 nitrogen and oxygen atoms in total. The molecule has 0 spiro atoms. The van der Waals surface area contributed by atoms with Gasteiger partial charge < -0.3 is 14.2 Å². The highest BCUT2D eigenvalue weighted by atomic mass is 35.5. The number of methoxy groups -OCH3 is 1. The lowest BCUT2D eigenvalue weighted by atomic mass is 9.97. The molecule has 0 radical (unpaired) electrons. The molecule has 4 aromatic rings. The first-order chi connectivity index (χ1) is 18.9. The molecule has 1 atom stereocenters. The number of esters is 1. The third kappa shape index (κ3) is 6.04. The first kappa shape index (κ1) is 26.3. The van der Waals surface area contributed by atoms with Crippen molar-refractivity contribution in [2.45, 2.75) is 19.4 Å². The van der Waals surface area contributed by atoms with Gasteiger partial charge >= 0.3 is 5.97 Å². The molecule has 5 rings (SSSR count). The number of nitrogens with zero attached hydrogens (tertiary/aromatic N) is 2. The summed E-state index contributed by atoms with van der Waals surface area (Å²) in [5.74, 6) is 0.154. The summed E-state index contributed by atoms with van der Waals surface area (Å²) in [5, 5.41) is 8.89. The van der Waals surface area contributed by atoms with Crippen LogP contribution in [0.15, 0.2) is 90.0 Å². The molecule has 1 unspecified atom stereocenters. The van der Waals surface area contributed by atoms with Crippen LogP contribution >= 0.6 is 11.6 Å². The second-order valence-electron chi connectivity index (χ2n) is 9.20. The average Bonchev–Trinajstić information content (AvgIpc) is 3.41. The maximum atomic E-state index is 13.3. The summed E-state index contributed by atoms with van der Waals surface area (Å²) in [4.78, 5) is 25.6. The number of hydrogen-bond acceptors (Lipinski definition) is 6. The maximum Gasteiger partial charge on any atom is 0.344 e. The van der Waals surface area contributed by atoms with E-state index in [1.54, 1.807) is 25.3 Å². The van der Waals surface area contributed by atoms with Crippen LogP contribution in [0.5, 0.6) is 11.5 Å². The van der Waals surface area contributed by atoms with Gasteiger partial charge in [0, 0.05) is 11.4 Å². The van der Waals surface area contributed by atoms with Gasteiger partial charge in [0.25, 0.3) is 5.91 Å². The Hall–Kier alpha value is -4.36. The zero-order valence-electron chi connectivity index (χ0n) is 21.6. The number of rotatable bonds is 8. The predicted molar refractivity (Wildman–Crippen MR) is 150 cm³/mol. The topological polar surface area (TPSA) is 77.4 Å². The van der Waals surface area contributed by atoms with E-state index in [2.05, 4.69) is 12.1 Å². The molecule has 0 aliphatic carbocycles. The smallest absolute Gasteiger partial charge is 0.344 e. The van der Waals surface area contributed by atoms with Gasteiger partial charge in [-0.3, -0.25) is 4.79 Å². The van der Waals surface area contributed by atoms with Gasteiger partial charge in [-0.25, -0.2) is 9.80 Å². The van der Waals surface area contributed by atoms with Gasteiger partial charge in [-0.05, 0) is 70.8 Å². The number of hydrogen-bond donors (Lipinski definition) is 0. The maximum absolute atomic E-state index is 13.3. The number of halogens is 1. The lowest BCUT2D eigenvalue weighted by Gasteiger charge is -2.22. The number of carbonyl (C=O) groups is 2. The number of benzene rings is 4. The van der Waals surface area contributed by atoms with Crippen LogP contribution in [0.3, 0.4) is 0 Å². The zero-order chi connectivity index (χ0) is 27.4. The van der Waals surface area contributed by atoms with Gasteiger partial charge in [-0.2, -0.15) is 5.10 Å². The highest BCUT2D eigenvalue weighted by molar-refractivity contribution is 6.30. The Balaban J connectivity index is 1.31. The second kappa shape index (κ2) is 11.6. The predicted octanol–water partition coefficient (Wildman–Crippen LogP) is 6.11. The minimum atomic E-state index is -0.656. The zero-order valence-corrected chi connectivity index (χ0v) is 22.4. The van der Waals surface area contributed by atoms with Gasteiger partial charge in [0.05, 0.1) is 18.9 Å². The molecule has 8 heteroatoms. The van der Waals surface area contributed by atoms with Crippen molar-refractivity contribution < 1.29 is 23.8 Å². The van der Waals surface area contributed by atoms with Gasteiger partial charge in [0.2, 0.25) is 0 Å². The normalized spacial score (nSPS) is 14.7. The Morgan fingerprint density at radius 2 is 1.72 bits per heavy atom. The van der Waals surface area contributed by atoms with Crippen molar-refractivity contribution >= 4 is 40.0 Å². The molecule has 198 valence electrons. The highest BCUT2D eigenvalue weighted by Crippen LogP contribution is 2.34. The summed E-state index contributed by atoms with van der Waals surface area (Å²) in [6.07, 6.45) is 0.517. The SMILES string of the molecule is COc1ccc(C2CC(c3ccc4ccccc4c3)=NN2C(=O)COC(=O)COc2ccc(Cl)cc2C)cc1. The Morgan fingerprint density at radius 3 is 2.46 bits per heavy atom. The summed E-state index contributed by atoms with van der Waals surface area (Å²) in [7, 11) is 1.60. The van der Waals surface area contributed by atoms with E-state index in [4.69, 9.17) is 30.9 Å². The third-order valence-electron chi connectivity index (χ3n) is 6.59. The van der Waals surface area contributed by atoms with E-state index < -0.39 is 18.5 Å². The van der Waals surface area contributed by atoms with Crippen LogP contribution in [-0.2, 0) is 14.3 Å². The van der Waals surface area contributed by atoms with Crippen molar-refractivity contribution in [3.8, 4) is 11.5 Å². The molecular weight excluding hydrogens is 516 g/mol. The Labute approximate surface area is 231 Å². The van der Waals surface area contributed by atoms with Gasteiger partial charge in [0.15, 0.2) is 13.2 Å². The summed E-state index contributed by atoms with van der Waals surface area (Å²) < 4.78 is 16.1. The van der Waals surface area contributed by atoms with E-state index in [-0.39, 0.29) is 12.6 Å². The molecule has 1 aliphatic heterocycles. The second-order valence-corrected chi connectivity index (χ2v) is 9.64. The first-order valence-electron chi connectivity index (χ1n) is 12.5. The average molecular weight is 543 g/mol. The first-order valence-corrected chi connectivity index (χ1v) is 12.9. The van der Waals surface area contributed by atoms with Crippen molar-refractivity contribution in [1.29, 1.82) is 0 Å². The van der Waals surface area contributed by atoms with Crippen molar-refractivity contribution in [1.82, 2.24) is 5.01 Å². The van der Waals surface area contributed by atoms with Gasteiger partial charge in [0.1, 0.15) is 11.5 Å². The fraction of sp³-hybridized carbons (Fsp3) is 0.194. The quantitative estimate of drug-likeness (QED) is 0.251. The third-order valence-corrected chi connectivity index (χ3v) is 6.82. The molecule has 0 bridgehead atoms. The van der Waals surface area contributed by atoms with Crippen LogP contribution < -0.4 is 9.47 Å². The largest absolute Gasteiger partial charge is 0.497 e. The van der Waals surface area contributed by atoms with Gasteiger partial charge in [-0.1, -0.05) is 60.1 Å². The summed E-state index contributed by atoms with van der Waals surface area (Å²) in [6, 6.07) is 26.5. The Morgan fingerprint density at radius 1 is 0.949 bits per heavy atom. The minimum Gasteiger partial charge on any atom is -0.497 e. The molecule has 0 N–H and O–H groups in total. The van der Waals surface area contributed by atoms with E-state index in [1.165, 1.54) is 5.01 Å².